The summed E-state index contributed by atoms with van der Waals surface area (Å²) < 4.78 is 25.4. The van der Waals surface area contributed by atoms with Crippen molar-refractivity contribution < 1.29 is 16.5 Å². The Kier molecular flexibility index (Phi) is 9.50. The zero-order valence-electron chi connectivity index (χ0n) is 17.0. The molecule has 0 aliphatic rings. The van der Waals surface area contributed by atoms with Crippen LogP contribution in [0.25, 0.3) is 0 Å². The molecule has 0 aliphatic heterocycles. The van der Waals surface area contributed by atoms with Crippen LogP contribution in [0, 0.1) is 0 Å². The van der Waals surface area contributed by atoms with Crippen molar-refractivity contribution >= 4 is 60.8 Å². The zero-order chi connectivity index (χ0) is 18.7. The number of rotatable bonds is 10. The summed E-state index contributed by atoms with van der Waals surface area (Å²) in [5.41, 5.74) is 0. The van der Waals surface area contributed by atoms with E-state index in [4.69, 9.17) is 16.5 Å². The molecular weight excluding hydrogens is 409 g/mol. The Hall–Kier alpha value is 1.49. The molecule has 0 aromatic rings. The molecule has 11 heteroatoms. The second-order valence-electron chi connectivity index (χ2n) is 7.93. The molecule has 0 N–H and O–H groups in total. The van der Waals surface area contributed by atoms with Crippen molar-refractivity contribution in [2.75, 3.05) is 0 Å². The van der Waals surface area contributed by atoms with Gasteiger partial charge >= 0.3 is 17.1 Å². The Balaban J connectivity index is 4.85. The van der Waals surface area contributed by atoms with Crippen LogP contribution < -0.4 is 0 Å². The second-order valence-corrected chi connectivity index (χ2v) is 34.6. The minimum absolute atomic E-state index is 0.728. The summed E-state index contributed by atoms with van der Waals surface area (Å²) in [5, 5.41) is 0. The molecule has 2 radical (unpaired) electrons. The van der Waals surface area contributed by atoms with Crippen molar-refractivity contribution in [2.45, 2.75) is 78.6 Å². The second kappa shape index (κ2) is 8.92. The van der Waals surface area contributed by atoms with Gasteiger partial charge in [0.05, 0.1) is 0 Å². The Morgan fingerprint density at radius 1 is 0.565 bits per heavy atom. The summed E-state index contributed by atoms with van der Waals surface area (Å²) in [6, 6.07) is 0. The van der Waals surface area contributed by atoms with E-state index in [0.29, 0.717) is 0 Å². The number of hydrogen-bond acceptors (Lipinski definition) is 5. The van der Waals surface area contributed by atoms with Crippen molar-refractivity contribution in [3.63, 3.8) is 0 Å². The molecule has 0 heterocycles. The van der Waals surface area contributed by atoms with Gasteiger partial charge in [-0.05, 0) is 78.6 Å². The molecular formula is C12H36O4SSi6. The largest absolute Gasteiger partial charge is 0.437 e. The van der Waals surface area contributed by atoms with Crippen molar-refractivity contribution in [3.05, 3.63) is 0 Å². The van der Waals surface area contributed by atoms with Crippen LogP contribution in [0.2, 0.25) is 78.6 Å². The van der Waals surface area contributed by atoms with Crippen LogP contribution in [-0.4, -0.2) is 50.1 Å². The third kappa shape index (κ3) is 12.5. The molecule has 23 heavy (non-hydrogen) atoms. The van der Waals surface area contributed by atoms with Crippen LogP contribution >= 0.6 is 10.7 Å². The van der Waals surface area contributed by atoms with Crippen LogP contribution in [0.1, 0.15) is 0 Å². The van der Waals surface area contributed by atoms with Gasteiger partial charge in [0.15, 0.2) is 18.1 Å². The summed E-state index contributed by atoms with van der Waals surface area (Å²) in [6.07, 6.45) is 0. The Labute approximate surface area is 155 Å². The molecule has 0 aromatic carbocycles. The predicted octanol–water partition coefficient (Wildman–Crippen LogP) is 5.10. The first-order valence-corrected chi connectivity index (χ1v) is 26.6. The van der Waals surface area contributed by atoms with E-state index in [9.17, 15) is 0 Å². The summed E-state index contributed by atoms with van der Waals surface area (Å²) in [6.45, 7) is 26.5. The first-order valence-electron chi connectivity index (χ1n) is 8.04. The maximum absolute atomic E-state index is 6.55. The SMILES string of the molecule is C[Si](C)O[Si](C)(C)O[Si](C)(C)S[Si](C)(C)O[Si](C)(C)O[Si](C)C. The van der Waals surface area contributed by atoms with Crippen molar-refractivity contribution in [3.8, 4) is 0 Å². The van der Waals surface area contributed by atoms with Gasteiger partial charge in [-0.15, -0.1) is 0 Å². The quantitative estimate of drug-likeness (QED) is 0.438. The first kappa shape index (κ1) is 24.5. The van der Waals surface area contributed by atoms with Gasteiger partial charge in [-0.3, -0.25) is 0 Å². The van der Waals surface area contributed by atoms with E-state index in [1.165, 1.54) is 0 Å². The molecule has 138 valence electrons. The molecule has 4 nitrogen and oxygen atoms in total. The van der Waals surface area contributed by atoms with Gasteiger partial charge in [0.2, 0.25) is 14.9 Å². The smallest absolute Gasteiger partial charge is 0.311 e. The predicted molar refractivity (Wildman–Crippen MR) is 117 cm³/mol. The lowest BCUT2D eigenvalue weighted by Crippen LogP contribution is -2.52. The highest BCUT2D eigenvalue weighted by Crippen LogP contribution is 2.36. The third-order valence-electron chi connectivity index (χ3n) is 2.37. The van der Waals surface area contributed by atoms with Crippen LogP contribution in [0.5, 0.6) is 0 Å². The molecule has 0 fully saturated rings. The molecule has 0 saturated carbocycles. The van der Waals surface area contributed by atoms with Gasteiger partial charge in [0, 0.05) is 0 Å². The highest BCUT2D eigenvalue weighted by Gasteiger charge is 2.44. The fourth-order valence-corrected chi connectivity index (χ4v) is 43.6. The molecule has 0 atom stereocenters. The van der Waals surface area contributed by atoms with Crippen molar-refractivity contribution in [1.82, 2.24) is 0 Å². The highest BCUT2D eigenvalue weighted by molar-refractivity contribution is 8.49. The van der Waals surface area contributed by atoms with Gasteiger partial charge in [0.25, 0.3) is 0 Å². The molecule has 0 spiro atoms. The van der Waals surface area contributed by atoms with E-state index in [1.54, 1.807) is 0 Å². The van der Waals surface area contributed by atoms with Crippen molar-refractivity contribution in [1.29, 1.82) is 0 Å². The average Bonchev–Trinajstić information content (AvgIpc) is 2.02. The van der Waals surface area contributed by atoms with Gasteiger partial charge in [-0.2, -0.15) is 10.7 Å². The fraction of sp³-hybridized carbons (Fsp3) is 1.00. The molecule has 0 unspecified atom stereocenters. The van der Waals surface area contributed by atoms with E-state index in [-0.39, 0.29) is 0 Å². The normalized spacial score (nSPS) is 14.9. The van der Waals surface area contributed by atoms with E-state index >= 15 is 0 Å². The topological polar surface area (TPSA) is 36.9 Å². The van der Waals surface area contributed by atoms with Crippen LogP contribution in [0.4, 0.5) is 0 Å². The molecule has 0 saturated heterocycles. The summed E-state index contributed by atoms with van der Waals surface area (Å²) in [4.78, 5) is 0. The zero-order valence-corrected chi connectivity index (χ0v) is 23.9. The van der Waals surface area contributed by atoms with Crippen LogP contribution in [-0.2, 0) is 16.5 Å². The number of hydrogen-bond donors (Lipinski definition) is 0. The monoisotopic (exact) mass is 444 g/mol. The lowest BCUT2D eigenvalue weighted by molar-refractivity contribution is 0.410. The van der Waals surface area contributed by atoms with Gasteiger partial charge in [-0.25, -0.2) is 0 Å². The van der Waals surface area contributed by atoms with E-state index in [1.807, 2.05) is 10.7 Å². The summed E-state index contributed by atoms with van der Waals surface area (Å²) in [5.74, 6) is 0. The van der Waals surface area contributed by atoms with E-state index < -0.39 is 50.1 Å². The minimum Gasteiger partial charge on any atom is -0.437 e. The standard InChI is InChI=1S/C12H36O4SSi6/c1-18(2)13-20(5,6)15-22(9,10)17-23(11,12)16-21(7,8)14-19(3)4/h1-12H3. The van der Waals surface area contributed by atoms with Crippen molar-refractivity contribution in [2.24, 2.45) is 0 Å². The van der Waals surface area contributed by atoms with E-state index in [0.717, 1.165) is 0 Å². The maximum Gasteiger partial charge on any atom is 0.311 e. The Bertz CT molecular complexity index is 343. The van der Waals surface area contributed by atoms with Crippen LogP contribution in [0.3, 0.4) is 0 Å². The molecule has 0 aliphatic carbocycles. The third-order valence-corrected chi connectivity index (χ3v) is 31.7. The first-order chi connectivity index (χ1) is 9.95. The Morgan fingerprint density at radius 3 is 1.04 bits per heavy atom. The summed E-state index contributed by atoms with van der Waals surface area (Å²) in [7, 11) is -7.37. The van der Waals surface area contributed by atoms with Gasteiger partial charge in [0.1, 0.15) is 0 Å². The van der Waals surface area contributed by atoms with Crippen LogP contribution in [0.15, 0.2) is 0 Å². The molecule has 0 bridgehead atoms. The lowest BCUT2D eigenvalue weighted by atomic mass is 11.9. The summed E-state index contributed by atoms with van der Waals surface area (Å²) >= 11 is 0. The maximum atomic E-state index is 6.55. The Morgan fingerprint density at radius 2 is 0.826 bits per heavy atom. The average molecular weight is 445 g/mol. The van der Waals surface area contributed by atoms with E-state index in [2.05, 4.69) is 78.6 Å². The lowest BCUT2D eigenvalue weighted by Gasteiger charge is -2.40. The molecule has 0 aromatic heterocycles. The van der Waals surface area contributed by atoms with Gasteiger partial charge in [-0.1, -0.05) is 0 Å². The molecule has 0 rings (SSSR count). The van der Waals surface area contributed by atoms with Gasteiger partial charge < -0.3 is 16.5 Å². The molecule has 0 amide bonds. The fourth-order valence-electron chi connectivity index (χ4n) is 2.84. The highest BCUT2D eigenvalue weighted by atomic mass is 32.5. The minimum atomic E-state index is -2.05.